The standard InChI is InChI=1S/C14H24O/c1-13(2,3)8-7-11-9-12(15-10-11)14(4,5)6/h9-10H,7-8H2,1-6H3. The molecule has 1 heteroatoms. The summed E-state index contributed by atoms with van der Waals surface area (Å²) in [5, 5.41) is 0. The molecule has 0 aliphatic heterocycles. The smallest absolute Gasteiger partial charge is 0.109 e. The SMILES string of the molecule is CC(C)(C)CCc1coc(C(C)(C)C)c1. The van der Waals surface area contributed by atoms with Crippen molar-refractivity contribution in [1.29, 1.82) is 0 Å². The van der Waals surface area contributed by atoms with E-state index in [4.69, 9.17) is 4.42 Å². The van der Waals surface area contributed by atoms with Crippen LogP contribution in [0.4, 0.5) is 0 Å². The summed E-state index contributed by atoms with van der Waals surface area (Å²) in [6.07, 6.45) is 4.23. The summed E-state index contributed by atoms with van der Waals surface area (Å²) in [5.74, 6) is 1.09. The highest BCUT2D eigenvalue weighted by molar-refractivity contribution is 5.18. The summed E-state index contributed by atoms with van der Waals surface area (Å²) < 4.78 is 5.59. The van der Waals surface area contributed by atoms with Gasteiger partial charge in [0.15, 0.2) is 0 Å². The molecular weight excluding hydrogens is 184 g/mol. The molecule has 1 aromatic rings. The first-order chi connectivity index (χ1) is 6.68. The molecule has 1 nitrogen and oxygen atoms in total. The molecule has 86 valence electrons. The van der Waals surface area contributed by atoms with Crippen molar-refractivity contribution in [2.75, 3.05) is 0 Å². The van der Waals surface area contributed by atoms with Crippen molar-refractivity contribution in [2.24, 2.45) is 5.41 Å². The van der Waals surface area contributed by atoms with Gasteiger partial charge in [-0.05, 0) is 29.9 Å². The number of rotatable bonds is 2. The van der Waals surface area contributed by atoms with Crippen LogP contribution in [-0.4, -0.2) is 0 Å². The first-order valence-corrected chi connectivity index (χ1v) is 5.76. The van der Waals surface area contributed by atoms with Crippen LogP contribution in [0.1, 0.15) is 59.3 Å². The van der Waals surface area contributed by atoms with Crippen molar-refractivity contribution < 1.29 is 4.42 Å². The minimum absolute atomic E-state index is 0.125. The zero-order valence-corrected chi connectivity index (χ0v) is 11.0. The van der Waals surface area contributed by atoms with Crippen molar-refractivity contribution in [3.05, 3.63) is 23.7 Å². The van der Waals surface area contributed by atoms with Gasteiger partial charge in [0.1, 0.15) is 5.76 Å². The van der Waals surface area contributed by atoms with Gasteiger partial charge in [-0.15, -0.1) is 0 Å². The summed E-state index contributed by atoms with van der Waals surface area (Å²) in [6.45, 7) is 13.4. The van der Waals surface area contributed by atoms with E-state index in [1.807, 2.05) is 6.26 Å². The third-order valence-corrected chi connectivity index (χ3v) is 2.56. The minimum Gasteiger partial charge on any atom is -0.469 e. The molecule has 0 aliphatic carbocycles. The van der Waals surface area contributed by atoms with E-state index in [9.17, 15) is 0 Å². The number of hydrogen-bond donors (Lipinski definition) is 0. The molecule has 0 radical (unpaired) electrons. The van der Waals surface area contributed by atoms with Gasteiger partial charge in [-0.3, -0.25) is 0 Å². The fourth-order valence-electron chi connectivity index (χ4n) is 1.42. The molecule has 1 rings (SSSR count). The van der Waals surface area contributed by atoms with E-state index in [-0.39, 0.29) is 5.41 Å². The molecule has 0 N–H and O–H groups in total. The van der Waals surface area contributed by atoms with Gasteiger partial charge in [0.2, 0.25) is 0 Å². The lowest BCUT2D eigenvalue weighted by atomic mass is 9.88. The largest absolute Gasteiger partial charge is 0.469 e. The normalized spacial score (nSPS) is 13.2. The lowest BCUT2D eigenvalue weighted by molar-refractivity contribution is 0.377. The molecule has 0 fully saturated rings. The van der Waals surface area contributed by atoms with Crippen LogP contribution in [0.15, 0.2) is 16.7 Å². The summed E-state index contributed by atoms with van der Waals surface area (Å²) in [4.78, 5) is 0. The maximum absolute atomic E-state index is 5.59. The Balaban J connectivity index is 2.62. The average molecular weight is 208 g/mol. The highest BCUT2D eigenvalue weighted by atomic mass is 16.3. The van der Waals surface area contributed by atoms with Crippen molar-refractivity contribution in [1.82, 2.24) is 0 Å². The van der Waals surface area contributed by atoms with Crippen LogP contribution in [0, 0.1) is 5.41 Å². The van der Waals surface area contributed by atoms with Gasteiger partial charge in [0, 0.05) is 5.41 Å². The van der Waals surface area contributed by atoms with Crippen LogP contribution in [0.2, 0.25) is 0 Å². The highest BCUT2D eigenvalue weighted by Crippen LogP contribution is 2.27. The Hall–Kier alpha value is -0.720. The third kappa shape index (κ3) is 4.11. The van der Waals surface area contributed by atoms with Crippen LogP contribution in [0.5, 0.6) is 0 Å². The Morgan fingerprint density at radius 1 is 1.07 bits per heavy atom. The van der Waals surface area contributed by atoms with E-state index in [0.29, 0.717) is 5.41 Å². The topological polar surface area (TPSA) is 13.1 Å². The molecule has 1 heterocycles. The van der Waals surface area contributed by atoms with Crippen LogP contribution >= 0.6 is 0 Å². The molecule has 0 saturated heterocycles. The van der Waals surface area contributed by atoms with E-state index in [1.165, 1.54) is 12.0 Å². The van der Waals surface area contributed by atoms with Gasteiger partial charge < -0.3 is 4.42 Å². The Morgan fingerprint density at radius 2 is 1.67 bits per heavy atom. The van der Waals surface area contributed by atoms with E-state index in [2.05, 4.69) is 47.6 Å². The molecule has 0 atom stereocenters. The number of hydrogen-bond acceptors (Lipinski definition) is 1. The van der Waals surface area contributed by atoms with Gasteiger partial charge in [0.05, 0.1) is 6.26 Å². The summed E-state index contributed by atoms with van der Waals surface area (Å²) in [7, 11) is 0. The van der Waals surface area contributed by atoms with Gasteiger partial charge in [0.25, 0.3) is 0 Å². The maximum Gasteiger partial charge on any atom is 0.109 e. The van der Waals surface area contributed by atoms with Gasteiger partial charge in [-0.1, -0.05) is 41.5 Å². The third-order valence-electron chi connectivity index (χ3n) is 2.56. The monoisotopic (exact) mass is 208 g/mol. The highest BCUT2D eigenvalue weighted by Gasteiger charge is 2.18. The van der Waals surface area contributed by atoms with Gasteiger partial charge >= 0.3 is 0 Å². The Labute approximate surface area is 93.9 Å². The van der Waals surface area contributed by atoms with Crippen molar-refractivity contribution >= 4 is 0 Å². The lowest BCUT2D eigenvalue weighted by Crippen LogP contribution is -2.09. The van der Waals surface area contributed by atoms with Crippen molar-refractivity contribution in [2.45, 2.75) is 59.8 Å². The lowest BCUT2D eigenvalue weighted by Gasteiger charge is -2.17. The zero-order chi connectivity index (χ0) is 11.7. The quantitative estimate of drug-likeness (QED) is 0.694. The fourth-order valence-corrected chi connectivity index (χ4v) is 1.42. The molecule has 0 amide bonds. The van der Waals surface area contributed by atoms with Crippen LogP contribution in [-0.2, 0) is 11.8 Å². The Bertz CT molecular complexity index is 307. The molecule has 1 aromatic heterocycles. The maximum atomic E-state index is 5.59. The molecule has 0 saturated carbocycles. The van der Waals surface area contributed by atoms with Crippen molar-refractivity contribution in [3.63, 3.8) is 0 Å². The molecule has 15 heavy (non-hydrogen) atoms. The molecule has 0 aromatic carbocycles. The van der Waals surface area contributed by atoms with Gasteiger partial charge in [-0.2, -0.15) is 0 Å². The van der Waals surface area contributed by atoms with Crippen LogP contribution < -0.4 is 0 Å². The second-order valence-corrected chi connectivity index (χ2v) is 6.63. The van der Waals surface area contributed by atoms with E-state index in [0.717, 1.165) is 12.2 Å². The zero-order valence-electron chi connectivity index (χ0n) is 11.0. The summed E-state index contributed by atoms with van der Waals surface area (Å²) >= 11 is 0. The summed E-state index contributed by atoms with van der Waals surface area (Å²) in [5.41, 5.74) is 1.86. The van der Waals surface area contributed by atoms with Gasteiger partial charge in [-0.25, -0.2) is 0 Å². The second-order valence-electron chi connectivity index (χ2n) is 6.63. The first kappa shape index (κ1) is 12.4. The average Bonchev–Trinajstić information content (AvgIpc) is 2.45. The Morgan fingerprint density at radius 3 is 2.07 bits per heavy atom. The molecule has 0 aliphatic rings. The molecule has 0 unspecified atom stereocenters. The molecule has 0 bridgehead atoms. The van der Waals surface area contributed by atoms with E-state index in [1.54, 1.807) is 0 Å². The molecule has 0 spiro atoms. The predicted octanol–water partition coefficient (Wildman–Crippen LogP) is 4.56. The predicted molar refractivity (Wildman–Crippen MR) is 65.2 cm³/mol. The first-order valence-electron chi connectivity index (χ1n) is 5.76. The van der Waals surface area contributed by atoms with E-state index >= 15 is 0 Å². The second kappa shape index (κ2) is 4.03. The Kier molecular flexibility index (Phi) is 3.32. The van der Waals surface area contributed by atoms with E-state index < -0.39 is 0 Å². The van der Waals surface area contributed by atoms with Crippen LogP contribution in [0.25, 0.3) is 0 Å². The molecular formula is C14H24O. The van der Waals surface area contributed by atoms with Crippen LogP contribution in [0.3, 0.4) is 0 Å². The summed E-state index contributed by atoms with van der Waals surface area (Å²) in [6, 6.07) is 2.20. The number of furan rings is 1. The minimum atomic E-state index is 0.125. The fraction of sp³-hybridized carbons (Fsp3) is 0.714. The van der Waals surface area contributed by atoms with Crippen molar-refractivity contribution in [3.8, 4) is 0 Å². The number of aryl methyl sites for hydroxylation is 1.